The average Bonchev–Trinajstić information content (AvgIpc) is 2.50. The number of rotatable bonds is 6. The SMILES string of the molecule is CCN(CC(=O)OC)C(=O)C=Cc1ccc(OC)c(F)c1. The van der Waals surface area contributed by atoms with Gasteiger partial charge in [0.25, 0.3) is 0 Å². The smallest absolute Gasteiger partial charge is 0.325 e. The van der Waals surface area contributed by atoms with E-state index in [1.165, 1.54) is 43.4 Å². The molecule has 1 aromatic carbocycles. The predicted molar refractivity (Wildman–Crippen MR) is 76.3 cm³/mol. The van der Waals surface area contributed by atoms with E-state index < -0.39 is 11.8 Å². The molecular weight excluding hydrogens is 277 g/mol. The van der Waals surface area contributed by atoms with E-state index >= 15 is 0 Å². The molecule has 0 aliphatic carbocycles. The molecule has 0 saturated carbocycles. The number of likely N-dealkylation sites (N-methyl/N-ethyl adjacent to an activating group) is 1. The van der Waals surface area contributed by atoms with Gasteiger partial charge in [-0.2, -0.15) is 0 Å². The summed E-state index contributed by atoms with van der Waals surface area (Å²) in [6.45, 7) is 2.00. The van der Waals surface area contributed by atoms with Crippen molar-refractivity contribution in [3.8, 4) is 5.75 Å². The minimum atomic E-state index is -0.506. The monoisotopic (exact) mass is 295 g/mol. The molecule has 114 valence electrons. The van der Waals surface area contributed by atoms with Crippen LogP contribution in [0.2, 0.25) is 0 Å². The summed E-state index contributed by atoms with van der Waals surface area (Å²) in [6.07, 6.45) is 2.76. The van der Waals surface area contributed by atoms with Crippen molar-refractivity contribution < 1.29 is 23.5 Å². The second-order valence-corrected chi connectivity index (χ2v) is 4.16. The topological polar surface area (TPSA) is 55.8 Å². The summed E-state index contributed by atoms with van der Waals surface area (Å²) < 4.78 is 22.8. The van der Waals surface area contributed by atoms with E-state index in [4.69, 9.17) is 4.74 Å². The number of ether oxygens (including phenoxy) is 2. The normalized spacial score (nSPS) is 10.5. The zero-order chi connectivity index (χ0) is 15.8. The fourth-order valence-electron chi connectivity index (χ4n) is 1.63. The van der Waals surface area contributed by atoms with Crippen molar-refractivity contribution in [2.75, 3.05) is 27.3 Å². The molecule has 21 heavy (non-hydrogen) atoms. The minimum Gasteiger partial charge on any atom is -0.494 e. The van der Waals surface area contributed by atoms with Crippen molar-refractivity contribution in [1.82, 2.24) is 4.90 Å². The van der Waals surface area contributed by atoms with E-state index in [2.05, 4.69) is 4.74 Å². The third-order valence-corrected chi connectivity index (χ3v) is 2.84. The maximum absolute atomic E-state index is 13.5. The van der Waals surface area contributed by atoms with Crippen molar-refractivity contribution in [3.05, 3.63) is 35.7 Å². The summed E-state index contributed by atoms with van der Waals surface area (Å²) in [5.41, 5.74) is 0.524. The van der Waals surface area contributed by atoms with Crippen molar-refractivity contribution in [2.45, 2.75) is 6.92 Å². The Balaban J connectivity index is 2.76. The quantitative estimate of drug-likeness (QED) is 0.594. The number of benzene rings is 1. The molecule has 0 aromatic heterocycles. The first kappa shape index (κ1) is 16.7. The molecule has 0 aliphatic rings. The molecule has 0 saturated heterocycles. The number of halogens is 1. The Morgan fingerprint density at radius 1 is 1.33 bits per heavy atom. The van der Waals surface area contributed by atoms with Crippen LogP contribution in [0, 0.1) is 5.82 Å². The third-order valence-electron chi connectivity index (χ3n) is 2.84. The number of hydrogen-bond donors (Lipinski definition) is 0. The second kappa shape index (κ2) is 8.04. The van der Waals surface area contributed by atoms with Gasteiger partial charge in [0.2, 0.25) is 5.91 Å². The molecule has 0 N–H and O–H groups in total. The summed E-state index contributed by atoms with van der Waals surface area (Å²) >= 11 is 0. The molecule has 0 radical (unpaired) electrons. The van der Waals surface area contributed by atoms with Crippen LogP contribution < -0.4 is 4.74 Å². The number of nitrogens with zero attached hydrogens (tertiary/aromatic N) is 1. The van der Waals surface area contributed by atoms with Gasteiger partial charge >= 0.3 is 5.97 Å². The summed E-state index contributed by atoms with van der Waals surface area (Å²) in [5, 5.41) is 0. The van der Waals surface area contributed by atoms with Gasteiger partial charge in [0.1, 0.15) is 6.54 Å². The lowest BCUT2D eigenvalue weighted by atomic mass is 10.2. The average molecular weight is 295 g/mol. The molecule has 0 unspecified atom stereocenters. The molecule has 0 bridgehead atoms. The fraction of sp³-hybridized carbons (Fsp3) is 0.333. The van der Waals surface area contributed by atoms with E-state index in [9.17, 15) is 14.0 Å². The van der Waals surface area contributed by atoms with Gasteiger partial charge in [-0.25, -0.2) is 4.39 Å². The molecule has 5 nitrogen and oxygen atoms in total. The molecule has 1 amide bonds. The molecular formula is C15H18FNO4. The Bertz CT molecular complexity index is 542. The second-order valence-electron chi connectivity index (χ2n) is 4.16. The molecule has 1 aromatic rings. The van der Waals surface area contributed by atoms with E-state index in [-0.39, 0.29) is 18.2 Å². The van der Waals surface area contributed by atoms with Crippen LogP contribution in [0.4, 0.5) is 4.39 Å². The van der Waals surface area contributed by atoms with Crippen LogP contribution in [0.3, 0.4) is 0 Å². The van der Waals surface area contributed by atoms with Gasteiger partial charge in [0, 0.05) is 12.6 Å². The Kier molecular flexibility index (Phi) is 6.39. The summed E-state index contributed by atoms with van der Waals surface area (Å²) in [5.74, 6) is -1.21. The number of methoxy groups -OCH3 is 2. The fourth-order valence-corrected chi connectivity index (χ4v) is 1.63. The number of esters is 1. The summed E-state index contributed by atoms with van der Waals surface area (Å²) in [6, 6.07) is 4.37. The molecule has 1 rings (SSSR count). The standard InChI is InChI=1S/C15H18FNO4/c1-4-17(10-15(19)21-3)14(18)8-6-11-5-7-13(20-2)12(16)9-11/h5-9H,4,10H2,1-3H3. The zero-order valence-electron chi connectivity index (χ0n) is 12.3. The van der Waals surface area contributed by atoms with Gasteiger partial charge in [0.05, 0.1) is 14.2 Å². The molecule has 0 atom stereocenters. The Hall–Kier alpha value is -2.37. The van der Waals surface area contributed by atoms with Crippen molar-refractivity contribution in [3.63, 3.8) is 0 Å². The van der Waals surface area contributed by atoms with Crippen LogP contribution in [-0.4, -0.2) is 44.1 Å². The van der Waals surface area contributed by atoms with E-state index in [0.717, 1.165) is 0 Å². The number of carbonyl (C=O) groups is 2. The molecule has 6 heteroatoms. The van der Waals surface area contributed by atoms with Gasteiger partial charge in [-0.3, -0.25) is 9.59 Å². The van der Waals surface area contributed by atoms with Crippen LogP contribution in [-0.2, 0) is 14.3 Å². The van der Waals surface area contributed by atoms with Crippen molar-refractivity contribution in [2.24, 2.45) is 0 Å². The Labute approximate surface area is 123 Å². The highest BCUT2D eigenvalue weighted by molar-refractivity contribution is 5.93. The summed E-state index contributed by atoms with van der Waals surface area (Å²) in [7, 11) is 2.64. The Morgan fingerprint density at radius 2 is 2.05 bits per heavy atom. The maximum atomic E-state index is 13.5. The molecule has 0 fully saturated rings. The lowest BCUT2D eigenvalue weighted by molar-refractivity contribution is -0.145. The zero-order valence-corrected chi connectivity index (χ0v) is 12.3. The van der Waals surface area contributed by atoms with E-state index in [1.807, 2.05) is 0 Å². The van der Waals surface area contributed by atoms with Gasteiger partial charge in [0.15, 0.2) is 11.6 Å². The highest BCUT2D eigenvalue weighted by Gasteiger charge is 2.13. The number of carbonyl (C=O) groups excluding carboxylic acids is 2. The van der Waals surface area contributed by atoms with Crippen LogP contribution in [0.15, 0.2) is 24.3 Å². The largest absolute Gasteiger partial charge is 0.494 e. The highest BCUT2D eigenvalue weighted by Crippen LogP contribution is 2.18. The molecule has 0 spiro atoms. The van der Waals surface area contributed by atoms with Crippen LogP contribution in [0.5, 0.6) is 5.75 Å². The molecule has 0 aliphatic heterocycles. The van der Waals surface area contributed by atoms with Gasteiger partial charge in [-0.05, 0) is 30.7 Å². The van der Waals surface area contributed by atoms with E-state index in [1.54, 1.807) is 13.0 Å². The number of hydrogen-bond acceptors (Lipinski definition) is 4. The van der Waals surface area contributed by atoms with Crippen LogP contribution in [0.25, 0.3) is 6.08 Å². The Morgan fingerprint density at radius 3 is 2.57 bits per heavy atom. The highest BCUT2D eigenvalue weighted by atomic mass is 19.1. The molecule has 0 heterocycles. The van der Waals surface area contributed by atoms with Crippen LogP contribution in [0.1, 0.15) is 12.5 Å². The van der Waals surface area contributed by atoms with Crippen molar-refractivity contribution in [1.29, 1.82) is 0 Å². The predicted octanol–water partition coefficient (Wildman–Crippen LogP) is 1.87. The van der Waals surface area contributed by atoms with Crippen molar-refractivity contribution >= 4 is 18.0 Å². The lowest BCUT2D eigenvalue weighted by Crippen LogP contribution is -2.34. The summed E-state index contributed by atoms with van der Waals surface area (Å²) in [4.78, 5) is 24.4. The van der Waals surface area contributed by atoms with Gasteiger partial charge in [-0.1, -0.05) is 6.07 Å². The maximum Gasteiger partial charge on any atom is 0.325 e. The minimum absolute atomic E-state index is 0.118. The lowest BCUT2D eigenvalue weighted by Gasteiger charge is -2.17. The number of amides is 1. The first-order valence-electron chi connectivity index (χ1n) is 6.39. The van der Waals surface area contributed by atoms with E-state index in [0.29, 0.717) is 12.1 Å². The third kappa shape index (κ3) is 4.91. The first-order chi connectivity index (χ1) is 10.0. The van der Waals surface area contributed by atoms with Crippen LogP contribution >= 0.6 is 0 Å². The van der Waals surface area contributed by atoms with Gasteiger partial charge < -0.3 is 14.4 Å². The van der Waals surface area contributed by atoms with Gasteiger partial charge in [-0.15, -0.1) is 0 Å². The first-order valence-corrected chi connectivity index (χ1v) is 6.39.